The van der Waals surface area contributed by atoms with Crippen LogP contribution in [0.25, 0.3) is 0 Å². The highest BCUT2D eigenvalue weighted by Crippen LogP contribution is 2.37. The van der Waals surface area contributed by atoms with Crippen molar-refractivity contribution in [3.63, 3.8) is 0 Å². The Morgan fingerprint density at radius 2 is 1.60 bits per heavy atom. The van der Waals surface area contributed by atoms with Crippen molar-refractivity contribution < 1.29 is 14.6 Å². The van der Waals surface area contributed by atoms with Crippen LogP contribution in [0.15, 0.2) is 18.2 Å². The quantitative estimate of drug-likeness (QED) is 0.916. The maximum Gasteiger partial charge on any atom is 0.122 e. The largest absolute Gasteiger partial charge is 0.497 e. The molecule has 2 heterocycles. The molecule has 2 saturated heterocycles. The van der Waals surface area contributed by atoms with E-state index in [-0.39, 0.29) is 6.10 Å². The van der Waals surface area contributed by atoms with Gasteiger partial charge in [0.05, 0.1) is 20.3 Å². The maximum atomic E-state index is 9.87. The highest BCUT2D eigenvalue weighted by molar-refractivity contribution is 5.38. The monoisotopic (exact) mass is 277 g/mol. The van der Waals surface area contributed by atoms with Gasteiger partial charge in [-0.15, -0.1) is 0 Å². The van der Waals surface area contributed by atoms with Gasteiger partial charge < -0.3 is 14.6 Å². The lowest BCUT2D eigenvalue weighted by molar-refractivity contribution is 0.0309. The Hall–Kier alpha value is -1.26. The van der Waals surface area contributed by atoms with Crippen molar-refractivity contribution in [1.29, 1.82) is 0 Å². The molecule has 0 aliphatic carbocycles. The van der Waals surface area contributed by atoms with Crippen LogP contribution in [0.5, 0.6) is 11.5 Å². The first-order valence-corrected chi connectivity index (χ1v) is 7.35. The van der Waals surface area contributed by atoms with Crippen molar-refractivity contribution in [1.82, 2.24) is 4.90 Å². The van der Waals surface area contributed by atoms with Crippen molar-refractivity contribution in [2.45, 2.75) is 50.4 Å². The molecular formula is C16H23NO3. The zero-order chi connectivity index (χ0) is 14.1. The summed E-state index contributed by atoms with van der Waals surface area (Å²) < 4.78 is 10.7. The molecule has 0 radical (unpaired) electrons. The molecule has 1 aromatic rings. The fraction of sp³-hybridized carbons (Fsp3) is 0.625. The van der Waals surface area contributed by atoms with Gasteiger partial charge in [0.25, 0.3) is 0 Å². The van der Waals surface area contributed by atoms with E-state index >= 15 is 0 Å². The number of nitrogens with zero attached hydrogens (tertiary/aromatic N) is 1. The fourth-order valence-electron chi connectivity index (χ4n) is 3.67. The lowest BCUT2D eigenvalue weighted by atomic mass is 9.99. The maximum absolute atomic E-state index is 9.87. The van der Waals surface area contributed by atoms with Gasteiger partial charge in [-0.05, 0) is 43.4 Å². The molecule has 0 aromatic heterocycles. The Bertz CT molecular complexity index is 441. The number of aliphatic hydroxyl groups is 1. The van der Waals surface area contributed by atoms with Crippen LogP contribution in [0.4, 0.5) is 0 Å². The predicted molar refractivity (Wildman–Crippen MR) is 77.1 cm³/mol. The summed E-state index contributed by atoms with van der Waals surface area (Å²) in [6.45, 7) is 0.912. The van der Waals surface area contributed by atoms with E-state index in [1.54, 1.807) is 14.2 Å². The summed E-state index contributed by atoms with van der Waals surface area (Å²) in [6.07, 6.45) is 4.14. The van der Waals surface area contributed by atoms with Crippen LogP contribution in [0.2, 0.25) is 0 Å². The molecule has 110 valence electrons. The average Bonchev–Trinajstić information content (AvgIpc) is 2.70. The third-order valence-corrected chi connectivity index (χ3v) is 4.64. The summed E-state index contributed by atoms with van der Waals surface area (Å²) in [5.41, 5.74) is 1.22. The molecule has 1 aromatic carbocycles. The number of fused-ring (bicyclic) bond motifs is 2. The SMILES string of the molecule is COc1cc(CN2C3CCC2CC(O)C3)cc(OC)c1. The summed E-state index contributed by atoms with van der Waals surface area (Å²) in [5, 5.41) is 9.87. The summed E-state index contributed by atoms with van der Waals surface area (Å²) in [5.74, 6) is 1.67. The van der Waals surface area contributed by atoms with Gasteiger partial charge in [0.15, 0.2) is 0 Å². The highest BCUT2D eigenvalue weighted by atomic mass is 16.5. The van der Waals surface area contributed by atoms with Gasteiger partial charge in [0.2, 0.25) is 0 Å². The lowest BCUT2D eigenvalue weighted by Gasteiger charge is -2.37. The second-order valence-electron chi connectivity index (χ2n) is 5.90. The first-order valence-electron chi connectivity index (χ1n) is 7.35. The molecule has 2 bridgehead atoms. The molecule has 2 aliphatic heterocycles. The Kier molecular flexibility index (Phi) is 3.85. The predicted octanol–water partition coefficient (Wildman–Crippen LogP) is 2.19. The van der Waals surface area contributed by atoms with Crippen LogP contribution >= 0.6 is 0 Å². The van der Waals surface area contributed by atoms with Crippen molar-refractivity contribution in [2.75, 3.05) is 14.2 Å². The third-order valence-electron chi connectivity index (χ3n) is 4.64. The smallest absolute Gasteiger partial charge is 0.122 e. The normalized spacial score (nSPS) is 29.4. The molecule has 4 nitrogen and oxygen atoms in total. The molecule has 2 fully saturated rings. The van der Waals surface area contributed by atoms with Crippen molar-refractivity contribution in [3.8, 4) is 11.5 Å². The standard InChI is InChI=1S/C16H23NO3/c1-19-15-5-11(6-16(9-15)20-2)10-17-12-3-4-13(17)8-14(18)7-12/h5-6,9,12-14,18H,3-4,7-8,10H2,1-2H3. The number of methoxy groups -OCH3 is 2. The summed E-state index contributed by atoms with van der Waals surface area (Å²) >= 11 is 0. The van der Waals surface area contributed by atoms with Gasteiger partial charge >= 0.3 is 0 Å². The molecule has 20 heavy (non-hydrogen) atoms. The highest BCUT2D eigenvalue weighted by Gasteiger charge is 2.39. The summed E-state index contributed by atoms with van der Waals surface area (Å²) in [6, 6.07) is 7.11. The van der Waals surface area contributed by atoms with E-state index in [9.17, 15) is 5.11 Å². The van der Waals surface area contributed by atoms with Crippen LogP contribution < -0.4 is 9.47 Å². The molecule has 1 N–H and O–H groups in total. The van der Waals surface area contributed by atoms with E-state index in [1.165, 1.54) is 18.4 Å². The van der Waals surface area contributed by atoms with Gasteiger partial charge in [-0.1, -0.05) is 0 Å². The van der Waals surface area contributed by atoms with E-state index < -0.39 is 0 Å². The Balaban J connectivity index is 1.78. The van der Waals surface area contributed by atoms with E-state index in [0.29, 0.717) is 12.1 Å². The van der Waals surface area contributed by atoms with Crippen LogP contribution in [-0.4, -0.2) is 42.4 Å². The van der Waals surface area contributed by atoms with E-state index in [1.807, 2.05) is 6.07 Å². The molecule has 0 spiro atoms. The van der Waals surface area contributed by atoms with Crippen molar-refractivity contribution in [3.05, 3.63) is 23.8 Å². The van der Waals surface area contributed by atoms with E-state index in [4.69, 9.17) is 9.47 Å². The first-order chi connectivity index (χ1) is 9.69. The first kappa shape index (κ1) is 13.7. The van der Waals surface area contributed by atoms with E-state index in [2.05, 4.69) is 17.0 Å². The fourth-order valence-corrected chi connectivity index (χ4v) is 3.67. The topological polar surface area (TPSA) is 41.9 Å². The second-order valence-corrected chi connectivity index (χ2v) is 5.90. The Labute approximate surface area is 120 Å². The molecule has 3 rings (SSSR count). The minimum Gasteiger partial charge on any atom is -0.497 e. The molecule has 0 amide bonds. The number of ether oxygens (including phenoxy) is 2. The second kappa shape index (κ2) is 5.62. The number of hydrogen-bond donors (Lipinski definition) is 1. The molecular weight excluding hydrogens is 254 g/mol. The van der Waals surface area contributed by atoms with Gasteiger partial charge in [-0.3, -0.25) is 4.90 Å². The Morgan fingerprint density at radius 1 is 1.05 bits per heavy atom. The summed E-state index contributed by atoms with van der Waals surface area (Å²) in [4.78, 5) is 2.54. The minimum absolute atomic E-state index is 0.108. The van der Waals surface area contributed by atoms with Crippen LogP contribution in [0.3, 0.4) is 0 Å². The van der Waals surface area contributed by atoms with Gasteiger partial charge in [0.1, 0.15) is 11.5 Å². The third kappa shape index (κ3) is 2.63. The Morgan fingerprint density at radius 3 is 2.10 bits per heavy atom. The molecule has 2 aliphatic rings. The minimum atomic E-state index is -0.108. The van der Waals surface area contributed by atoms with Gasteiger partial charge in [-0.25, -0.2) is 0 Å². The number of aliphatic hydroxyl groups excluding tert-OH is 1. The van der Waals surface area contributed by atoms with Crippen LogP contribution in [0, 0.1) is 0 Å². The van der Waals surface area contributed by atoms with Crippen molar-refractivity contribution in [2.24, 2.45) is 0 Å². The molecule has 2 atom stereocenters. The van der Waals surface area contributed by atoms with Gasteiger partial charge in [0, 0.05) is 24.7 Å². The zero-order valence-electron chi connectivity index (χ0n) is 12.2. The number of rotatable bonds is 4. The van der Waals surface area contributed by atoms with Crippen LogP contribution in [0.1, 0.15) is 31.2 Å². The van der Waals surface area contributed by atoms with E-state index in [0.717, 1.165) is 30.9 Å². The number of benzene rings is 1. The van der Waals surface area contributed by atoms with Gasteiger partial charge in [-0.2, -0.15) is 0 Å². The summed E-state index contributed by atoms with van der Waals surface area (Å²) in [7, 11) is 3.36. The van der Waals surface area contributed by atoms with Crippen LogP contribution in [-0.2, 0) is 6.54 Å². The average molecular weight is 277 g/mol. The van der Waals surface area contributed by atoms with Crippen molar-refractivity contribution >= 4 is 0 Å². The molecule has 4 heteroatoms. The lowest BCUT2D eigenvalue weighted by Crippen LogP contribution is -2.44. The number of hydrogen-bond acceptors (Lipinski definition) is 4. The molecule has 2 unspecified atom stereocenters. The zero-order valence-corrected chi connectivity index (χ0v) is 12.2. The molecule has 0 saturated carbocycles. The number of piperidine rings is 1.